The first-order valence-electron chi connectivity index (χ1n) is 7.70. The molecule has 1 N–H and O–H groups in total. The van der Waals surface area contributed by atoms with Crippen molar-refractivity contribution < 1.29 is 14.4 Å². The Morgan fingerprint density at radius 1 is 1.04 bits per heavy atom. The van der Waals surface area contributed by atoms with Crippen molar-refractivity contribution in [2.24, 2.45) is 10.1 Å². The topological polar surface area (TPSA) is 64.4 Å². The molecule has 0 unspecified atom stereocenters. The van der Waals surface area contributed by atoms with Gasteiger partial charge in [0.1, 0.15) is 7.11 Å². The fourth-order valence-corrected chi connectivity index (χ4v) is 2.35. The van der Waals surface area contributed by atoms with E-state index in [2.05, 4.69) is 22.2 Å². The van der Waals surface area contributed by atoms with Gasteiger partial charge in [0.2, 0.25) is 5.90 Å². The molecule has 2 aromatic rings. The molecule has 2 rings (SSSR count). The van der Waals surface area contributed by atoms with Gasteiger partial charge in [0, 0.05) is 23.2 Å². The maximum Gasteiger partial charge on any atom is 0.238 e. The largest absolute Gasteiger partial charge is 0.480 e. The Balaban J connectivity index is 2.28. The second-order valence-electron chi connectivity index (χ2n) is 5.04. The van der Waals surface area contributed by atoms with Crippen LogP contribution in [0.25, 0.3) is 5.70 Å². The van der Waals surface area contributed by atoms with Crippen LogP contribution >= 0.6 is 11.6 Å². The quantitative estimate of drug-likeness (QED) is 0.454. The molecule has 136 valence electrons. The number of hydroxylamine groups is 1. The molecular weight excluding hydrogens is 354 g/mol. The summed E-state index contributed by atoms with van der Waals surface area (Å²) in [6, 6.07) is 14.5. The van der Waals surface area contributed by atoms with Crippen LogP contribution in [0.15, 0.2) is 65.3 Å². The molecule has 0 bridgehead atoms. The zero-order valence-electron chi connectivity index (χ0n) is 14.8. The molecule has 7 heteroatoms. The van der Waals surface area contributed by atoms with Gasteiger partial charge in [-0.2, -0.15) is 0 Å². The molecule has 0 spiro atoms. The van der Waals surface area contributed by atoms with Gasteiger partial charge in [0.25, 0.3) is 0 Å². The van der Waals surface area contributed by atoms with E-state index in [0.29, 0.717) is 28.1 Å². The van der Waals surface area contributed by atoms with Gasteiger partial charge in [-0.25, -0.2) is 5.48 Å². The molecule has 0 aliphatic rings. The predicted octanol–water partition coefficient (Wildman–Crippen LogP) is 3.92. The summed E-state index contributed by atoms with van der Waals surface area (Å²) in [6.45, 7) is 4.03. The van der Waals surface area contributed by atoms with E-state index in [0.717, 1.165) is 11.1 Å². The minimum Gasteiger partial charge on any atom is -0.480 e. The highest BCUT2D eigenvalue weighted by atomic mass is 35.5. The third kappa shape index (κ3) is 4.77. The van der Waals surface area contributed by atoms with Crippen molar-refractivity contribution in [3.8, 4) is 5.75 Å². The van der Waals surface area contributed by atoms with Gasteiger partial charge in [-0.1, -0.05) is 47.6 Å². The highest BCUT2D eigenvalue weighted by Crippen LogP contribution is 2.20. The van der Waals surface area contributed by atoms with E-state index in [1.165, 1.54) is 14.2 Å². The van der Waals surface area contributed by atoms with Crippen LogP contribution in [0.4, 0.5) is 0 Å². The average Bonchev–Trinajstić information content (AvgIpc) is 2.67. The molecule has 0 aliphatic heterocycles. The smallest absolute Gasteiger partial charge is 0.238 e. The van der Waals surface area contributed by atoms with Gasteiger partial charge in [-0.15, -0.1) is 0 Å². The molecule has 0 aliphatic carbocycles. The number of oxime groups is 1. The van der Waals surface area contributed by atoms with E-state index in [4.69, 9.17) is 26.0 Å². The van der Waals surface area contributed by atoms with E-state index in [9.17, 15) is 0 Å². The summed E-state index contributed by atoms with van der Waals surface area (Å²) in [6.07, 6.45) is 0. The highest BCUT2D eigenvalue weighted by molar-refractivity contribution is 6.45. The normalized spacial score (nSPS) is 11.7. The minimum atomic E-state index is 0.339. The van der Waals surface area contributed by atoms with Gasteiger partial charge in [-0.05, 0) is 24.3 Å². The number of aliphatic imine (C=N–C) groups is 1. The highest BCUT2D eigenvalue weighted by Gasteiger charge is 2.18. The fraction of sp³-hybridized carbons (Fsp3) is 0.158. The van der Waals surface area contributed by atoms with E-state index in [1.54, 1.807) is 31.3 Å². The molecule has 0 radical (unpaired) electrons. The lowest BCUT2D eigenvalue weighted by atomic mass is 10.0. The van der Waals surface area contributed by atoms with Crippen LogP contribution in [-0.4, -0.2) is 32.9 Å². The monoisotopic (exact) mass is 373 g/mol. The summed E-state index contributed by atoms with van der Waals surface area (Å²) in [7, 11) is 4.60. The molecule has 0 saturated heterocycles. The van der Waals surface area contributed by atoms with Gasteiger partial charge >= 0.3 is 0 Å². The Labute approximate surface area is 157 Å². The molecule has 0 atom stereocenters. The van der Waals surface area contributed by atoms with Crippen molar-refractivity contribution in [2.75, 3.05) is 21.3 Å². The number of methoxy groups -OCH3 is 1. The molecule has 0 heterocycles. The zero-order valence-corrected chi connectivity index (χ0v) is 15.6. The molecule has 6 nitrogen and oxygen atoms in total. The van der Waals surface area contributed by atoms with Crippen LogP contribution in [-0.2, 0) is 9.57 Å². The van der Waals surface area contributed by atoms with Crippen molar-refractivity contribution in [3.05, 3.63) is 71.3 Å². The van der Waals surface area contributed by atoms with E-state index in [1.807, 2.05) is 24.3 Å². The number of nitrogens with zero attached hydrogens (tertiary/aromatic N) is 2. The van der Waals surface area contributed by atoms with E-state index in [-0.39, 0.29) is 0 Å². The third-order valence-corrected chi connectivity index (χ3v) is 3.65. The van der Waals surface area contributed by atoms with Gasteiger partial charge < -0.3 is 14.4 Å². The minimum absolute atomic E-state index is 0.339. The number of ether oxygens (including phenoxy) is 1. The Hall–Kier alpha value is -2.99. The first-order chi connectivity index (χ1) is 12.6. The van der Waals surface area contributed by atoms with Gasteiger partial charge in [0.15, 0.2) is 11.5 Å². The fourth-order valence-electron chi connectivity index (χ4n) is 2.22. The second kappa shape index (κ2) is 9.48. The summed E-state index contributed by atoms with van der Waals surface area (Å²) in [5, 5.41) is 4.68. The molecule has 0 fully saturated rings. The van der Waals surface area contributed by atoms with Crippen molar-refractivity contribution >= 4 is 28.9 Å². The van der Waals surface area contributed by atoms with Crippen LogP contribution in [0.2, 0.25) is 5.02 Å². The molecule has 2 aromatic carbocycles. The number of benzene rings is 2. The lowest BCUT2D eigenvalue weighted by molar-refractivity contribution is 0.213. The van der Waals surface area contributed by atoms with Crippen molar-refractivity contribution in [1.29, 1.82) is 0 Å². The SMILES string of the molecule is C=C(NOc1ccc(Cl)cc1)c1ccccc1C(=NOC)C(=NC)OC. The maximum atomic E-state index is 5.87. The van der Waals surface area contributed by atoms with E-state index < -0.39 is 0 Å². The number of halogens is 1. The average molecular weight is 374 g/mol. The Bertz CT molecular complexity index is 817. The van der Waals surface area contributed by atoms with Crippen LogP contribution < -0.4 is 10.3 Å². The second-order valence-corrected chi connectivity index (χ2v) is 5.47. The predicted molar refractivity (Wildman–Crippen MR) is 105 cm³/mol. The molecule has 0 saturated carbocycles. The number of hydrogen-bond acceptors (Lipinski definition) is 6. The lowest BCUT2D eigenvalue weighted by Gasteiger charge is -2.15. The Kier molecular flexibility index (Phi) is 7.05. The van der Waals surface area contributed by atoms with Crippen LogP contribution in [0.3, 0.4) is 0 Å². The van der Waals surface area contributed by atoms with Gasteiger partial charge in [0.05, 0.1) is 12.8 Å². The van der Waals surface area contributed by atoms with Crippen molar-refractivity contribution in [2.45, 2.75) is 0 Å². The van der Waals surface area contributed by atoms with Crippen LogP contribution in [0, 0.1) is 0 Å². The van der Waals surface area contributed by atoms with Crippen LogP contribution in [0.5, 0.6) is 5.75 Å². The molecule has 0 aromatic heterocycles. The summed E-state index contributed by atoms with van der Waals surface area (Å²) >= 11 is 5.87. The van der Waals surface area contributed by atoms with E-state index >= 15 is 0 Å². The zero-order chi connectivity index (χ0) is 18.9. The summed E-state index contributed by atoms with van der Waals surface area (Å²) in [4.78, 5) is 14.6. The van der Waals surface area contributed by atoms with Crippen molar-refractivity contribution in [1.82, 2.24) is 5.48 Å². The summed E-state index contributed by atoms with van der Waals surface area (Å²) < 4.78 is 5.29. The molecule has 0 amide bonds. The first kappa shape index (κ1) is 19.3. The maximum absolute atomic E-state index is 5.87. The number of nitrogens with one attached hydrogen (secondary N) is 1. The molecular formula is C19H20ClN3O3. The Morgan fingerprint density at radius 2 is 1.69 bits per heavy atom. The summed E-state index contributed by atoms with van der Waals surface area (Å²) in [5.74, 6) is 0.942. The first-order valence-corrected chi connectivity index (χ1v) is 8.08. The van der Waals surface area contributed by atoms with Crippen molar-refractivity contribution in [3.63, 3.8) is 0 Å². The van der Waals surface area contributed by atoms with Crippen LogP contribution in [0.1, 0.15) is 11.1 Å². The van der Waals surface area contributed by atoms with Gasteiger partial charge in [-0.3, -0.25) is 4.99 Å². The standard InChI is InChI=1S/C19H20ClN3O3/c1-13(22-26-15-11-9-14(20)10-12-15)16-7-5-6-8-17(16)18(23-25-4)19(21-2)24-3/h5-12,22H,1H2,2-4H3. The Morgan fingerprint density at radius 3 is 2.27 bits per heavy atom. The number of hydrogen-bond donors (Lipinski definition) is 1. The lowest BCUT2D eigenvalue weighted by Crippen LogP contribution is -2.22. The summed E-state index contributed by atoms with van der Waals surface area (Å²) in [5.41, 5.74) is 5.30. The number of rotatable bonds is 7. The third-order valence-electron chi connectivity index (χ3n) is 3.39. The molecule has 26 heavy (non-hydrogen) atoms.